The summed E-state index contributed by atoms with van der Waals surface area (Å²) in [5.74, 6) is 0.0629. The fourth-order valence-corrected chi connectivity index (χ4v) is 4.89. The lowest BCUT2D eigenvalue weighted by Gasteiger charge is -2.28. The summed E-state index contributed by atoms with van der Waals surface area (Å²) in [5.41, 5.74) is 4.36. The quantitative estimate of drug-likeness (QED) is 0.418. The van der Waals surface area contributed by atoms with Crippen molar-refractivity contribution in [1.82, 2.24) is 9.88 Å². The Kier molecular flexibility index (Phi) is 6.55. The Hall–Kier alpha value is -2.43. The highest BCUT2D eigenvalue weighted by molar-refractivity contribution is 6.36. The van der Waals surface area contributed by atoms with E-state index < -0.39 is 0 Å². The molecule has 2 heterocycles. The van der Waals surface area contributed by atoms with Crippen molar-refractivity contribution < 1.29 is 4.79 Å². The second-order valence-corrected chi connectivity index (χ2v) is 10.3. The number of hydrogen-bond donors (Lipinski definition) is 2. The molecule has 0 aliphatic carbocycles. The van der Waals surface area contributed by atoms with Gasteiger partial charge in [0.05, 0.1) is 10.7 Å². The molecule has 2 N–H and O–H groups in total. The summed E-state index contributed by atoms with van der Waals surface area (Å²) in [7, 11) is 0. The number of rotatable bonds is 3. The molecule has 168 valence electrons. The predicted octanol–water partition coefficient (Wildman–Crippen LogP) is 7.21. The maximum Gasteiger partial charge on any atom is 0.319 e. The van der Waals surface area contributed by atoms with Gasteiger partial charge in [0.2, 0.25) is 0 Å². The van der Waals surface area contributed by atoms with Crippen LogP contribution >= 0.6 is 23.2 Å². The van der Waals surface area contributed by atoms with Crippen LogP contribution in [-0.2, 0) is 12.0 Å². The smallest absolute Gasteiger partial charge is 0.319 e. The molecule has 2 amide bonds. The molecule has 0 spiro atoms. The number of aromatic nitrogens is 1. The monoisotopic (exact) mass is 469 g/mol. The highest BCUT2D eigenvalue weighted by Crippen LogP contribution is 2.35. The number of amides is 2. The molecule has 0 bridgehead atoms. The first-order chi connectivity index (χ1) is 15.2. The normalized spacial score (nSPS) is 18.5. The van der Waals surface area contributed by atoms with E-state index in [2.05, 4.69) is 78.6 Å². The van der Waals surface area contributed by atoms with Gasteiger partial charge in [0.25, 0.3) is 0 Å². The minimum absolute atomic E-state index is 0.0438. The molecule has 32 heavy (non-hydrogen) atoms. The van der Waals surface area contributed by atoms with E-state index >= 15 is 0 Å². The Morgan fingerprint density at radius 2 is 1.81 bits per heavy atom. The number of fused-ring (bicyclic) bond motifs is 1. The van der Waals surface area contributed by atoms with Crippen LogP contribution in [0.1, 0.15) is 56.4 Å². The lowest BCUT2D eigenvalue weighted by Crippen LogP contribution is -2.41. The Balaban J connectivity index is 1.61. The van der Waals surface area contributed by atoms with Crippen LogP contribution in [0.3, 0.4) is 0 Å². The largest absolute Gasteiger partial charge is 0.351 e. The number of nitrogens with zero attached hydrogens (tertiary/aromatic N) is 1. The van der Waals surface area contributed by atoms with E-state index in [1.807, 2.05) is 0 Å². The molecule has 2 atom stereocenters. The van der Waals surface area contributed by atoms with Gasteiger partial charge < -0.3 is 15.2 Å². The molecule has 4 nitrogen and oxygen atoms in total. The lowest BCUT2D eigenvalue weighted by atomic mass is 9.83. The van der Waals surface area contributed by atoms with Crippen molar-refractivity contribution in [3.05, 3.63) is 87.7 Å². The van der Waals surface area contributed by atoms with Gasteiger partial charge in [-0.05, 0) is 59.7 Å². The third-order valence-electron chi connectivity index (χ3n) is 6.13. The van der Waals surface area contributed by atoms with Crippen LogP contribution in [0.25, 0.3) is 0 Å². The van der Waals surface area contributed by atoms with E-state index in [-0.39, 0.29) is 23.4 Å². The maximum atomic E-state index is 12.9. The van der Waals surface area contributed by atoms with Crippen molar-refractivity contribution >= 4 is 34.9 Å². The molecule has 1 aromatic heterocycles. The average molecular weight is 470 g/mol. The Morgan fingerprint density at radius 3 is 2.50 bits per heavy atom. The number of anilines is 1. The lowest BCUT2D eigenvalue weighted by molar-refractivity contribution is 0.246. The van der Waals surface area contributed by atoms with E-state index in [0.717, 1.165) is 19.4 Å². The van der Waals surface area contributed by atoms with E-state index in [4.69, 9.17) is 23.2 Å². The summed E-state index contributed by atoms with van der Waals surface area (Å²) in [4.78, 5) is 12.9. The van der Waals surface area contributed by atoms with E-state index in [9.17, 15) is 4.79 Å². The number of urea groups is 1. The van der Waals surface area contributed by atoms with Crippen LogP contribution < -0.4 is 10.6 Å². The zero-order valence-corrected chi connectivity index (χ0v) is 20.2. The molecule has 0 fully saturated rings. The molecule has 0 saturated heterocycles. The Labute approximate surface area is 199 Å². The van der Waals surface area contributed by atoms with Gasteiger partial charge in [-0.1, -0.05) is 68.2 Å². The molecule has 2 aromatic carbocycles. The molecule has 6 heteroatoms. The van der Waals surface area contributed by atoms with Crippen molar-refractivity contribution in [2.45, 2.75) is 57.5 Å². The molecule has 4 rings (SSSR count). The van der Waals surface area contributed by atoms with Crippen molar-refractivity contribution in [1.29, 1.82) is 0 Å². The number of carbonyl (C=O) groups excluding carboxylic acids is 1. The van der Waals surface area contributed by atoms with Gasteiger partial charge in [-0.25, -0.2) is 4.79 Å². The third-order valence-corrected chi connectivity index (χ3v) is 6.68. The molecule has 0 saturated carbocycles. The highest BCUT2D eigenvalue weighted by atomic mass is 35.5. The minimum Gasteiger partial charge on any atom is -0.351 e. The first kappa shape index (κ1) is 22.8. The van der Waals surface area contributed by atoms with Crippen molar-refractivity contribution in [3.8, 4) is 0 Å². The number of carbonyl (C=O) groups is 1. The number of nitrogens with one attached hydrogen (secondary N) is 2. The van der Waals surface area contributed by atoms with Crippen LogP contribution in [0.15, 0.2) is 60.8 Å². The average Bonchev–Trinajstić information content (AvgIpc) is 3.11. The SMILES string of the molecule is CC(C)(C)c1ccc(C2c3cccn3CCCC2NC(=O)Nc2ccc(Cl)cc2Cl)cc1. The fourth-order valence-electron chi connectivity index (χ4n) is 4.43. The summed E-state index contributed by atoms with van der Waals surface area (Å²) in [6, 6.07) is 17.8. The molecule has 1 aliphatic rings. The first-order valence-electron chi connectivity index (χ1n) is 11.0. The Morgan fingerprint density at radius 1 is 1.06 bits per heavy atom. The zero-order chi connectivity index (χ0) is 22.9. The minimum atomic E-state index is -0.268. The summed E-state index contributed by atoms with van der Waals surface area (Å²) in [6.45, 7) is 7.60. The van der Waals surface area contributed by atoms with E-state index in [1.54, 1.807) is 18.2 Å². The van der Waals surface area contributed by atoms with Crippen LogP contribution in [0.5, 0.6) is 0 Å². The van der Waals surface area contributed by atoms with Gasteiger partial charge >= 0.3 is 6.03 Å². The molecule has 0 radical (unpaired) electrons. The van der Waals surface area contributed by atoms with Gasteiger partial charge in [-0.15, -0.1) is 0 Å². The van der Waals surface area contributed by atoms with Crippen LogP contribution in [0.4, 0.5) is 10.5 Å². The Bertz CT molecular complexity index is 1100. The molecule has 3 aromatic rings. The summed E-state index contributed by atoms with van der Waals surface area (Å²) < 4.78 is 2.30. The molecule has 2 unspecified atom stereocenters. The number of benzene rings is 2. The van der Waals surface area contributed by atoms with Crippen molar-refractivity contribution in [3.63, 3.8) is 0 Å². The number of hydrogen-bond acceptors (Lipinski definition) is 1. The van der Waals surface area contributed by atoms with Crippen LogP contribution in [-0.4, -0.2) is 16.6 Å². The second kappa shape index (κ2) is 9.21. The number of halogens is 2. The summed E-state index contributed by atoms with van der Waals surface area (Å²) in [5, 5.41) is 7.04. The number of aryl methyl sites for hydroxylation is 1. The molecular formula is C26H29Cl2N3O. The standard InChI is InChI=1S/C26H29Cl2N3O/c1-26(2,3)18-10-8-17(9-11-18)24-22(6-4-14-31-15-5-7-23(24)31)30-25(32)29-21-13-12-19(27)16-20(21)28/h5,7-13,15-16,22,24H,4,6,14H2,1-3H3,(H2,29,30,32). The van der Waals surface area contributed by atoms with Gasteiger partial charge in [0.1, 0.15) is 0 Å². The highest BCUT2D eigenvalue weighted by Gasteiger charge is 2.31. The fraction of sp³-hybridized carbons (Fsp3) is 0.346. The van der Waals surface area contributed by atoms with Gasteiger partial charge in [0, 0.05) is 35.4 Å². The first-order valence-corrected chi connectivity index (χ1v) is 11.8. The van der Waals surface area contributed by atoms with Gasteiger partial charge in [-0.3, -0.25) is 0 Å². The molecular weight excluding hydrogens is 441 g/mol. The summed E-state index contributed by atoms with van der Waals surface area (Å²) >= 11 is 12.2. The second-order valence-electron chi connectivity index (χ2n) is 9.45. The maximum absolute atomic E-state index is 12.9. The van der Waals surface area contributed by atoms with Crippen LogP contribution in [0, 0.1) is 0 Å². The third kappa shape index (κ3) is 4.97. The van der Waals surface area contributed by atoms with E-state index in [1.165, 1.54) is 16.8 Å². The van der Waals surface area contributed by atoms with Crippen molar-refractivity contribution in [2.24, 2.45) is 0 Å². The van der Waals surface area contributed by atoms with Crippen LogP contribution in [0.2, 0.25) is 10.0 Å². The zero-order valence-electron chi connectivity index (χ0n) is 18.7. The topological polar surface area (TPSA) is 46.1 Å². The van der Waals surface area contributed by atoms with E-state index in [0.29, 0.717) is 15.7 Å². The van der Waals surface area contributed by atoms with Crippen molar-refractivity contribution in [2.75, 3.05) is 5.32 Å². The summed E-state index contributed by atoms with van der Waals surface area (Å²) in [6.07, 6.45) is 4.00. The van der Waals surface area contributed by atoms with Gasteiger partial charge in [0.15, 0.2) is 0 Å². The molecule has 1 aliphatic heterocycles. The van der Waals surface area contributed by atoms with Gasteiger partial charge in [-0.2, -0.15) is 0 Å². The predicted molar refractivity (Wildman–Crippen MR) is 133 cm³/mol.